The molecule has 1 unspecified atom stereocenters. The Kier molecular flexibility index (Phi) is 12.4. The van der Waals surface area contributed by atoms with E-state index in [9.17, 15) is 39.3 Å². The number of thioether (sulfide) groups is 2. The molecule has 20 nitrogen and oxygen atoms in total. The maximum atomic E-state index is 14.3. The number of aliphatic hydroxyl groups is 1. The standard InChI is InChI=1S/C30H35N11O9S2.Na/c1-39-29(36-37-38-39)52-13-15-12-51-26-30(50-2,25(48)41(26)21(15)24(46)47)35-23(45)20(14-3-7-17(42)8-4-14)40(27(31)49)19-11-32-28(34-22(19)44)33-16-5-9-18(43)10-6-16;/h3-4,7-8,11,16,18,20,26,42-43H,5-6,9-10,12-13H2,1-2H3,(H2,31,49)(H,35,45)(H,46,47)(H2,32,33,34,44);/q;+1/p-1/t16?,18?,20?,26-,30-;/m0./s1. The second-order valence-electron chi connectivity index (χ2n) is 12.2. The summed E-state index contributed by atoms with van der Waals surface area (Å²) in [6.45, 7) is 0. The Balaban J connectivity index is 0.00000541. The van der Waals surface area contributed by atoms with Crippen molar-refractivity contribution in [1.82, 2.24) is 40.4 Å². The molecule has 2 fully saturated rings. The van der Waals surface area contributed by atoms with E-state index in [0.717, 1.165) is 41.7 Å². The number of aryl methyl sites for hydroxylation is 1. The molecular weight excluding hydrogens is 746 g/mol. The van der Waals surface area contributed by atoms with Crippen molar-refractivity contribution in [2.24, 2.45) is 12.8 Å². The molecule has 0 bridgehead atoms. The molecule has 1 aromatic carbocycles. The SMILES string of the molecule is CO[C@@]1(NC(=O)C(c2ccc(O)cc2)N(C(N)=O)c2cnc(NC3CCC(O)CC3)[nH]c2=O)C(=O)N2C(C(=O)[O-])=C(CSc3nnnn3C)CS[C@H]21.[Na+]. The number of β-lactam (4-membered cyclic amide) rings is 1. The molecule has 4 amide bonds. The number of hydrogen-bond donors (Lipinski definition) is 6. The Labute approximate surface area is 331 Å². The minimum Gasteiger partial charge on any atom is -0.543 e. The number of aromatic nitrogens is 6. The van der Waals surface area contributed by atoms with Crippen molar-refractivity contribution in [2.75, 3.05) is 28.8 Å². The number of aliphatic carboxylic acids is 1. The van der Waals surface area contributed by atoms with Crippen LogP contribution in [0.2, 0.25) is 0 Å². The van der Waals surface area contributed by atoms with Crippen LogP contribution in [0.3, 0.4) is 0 Å². The van der Waals surface area contributed by atoms with Gasteiger partial charge in [-0.3, -0.25) is 29.2 Å². The number of amides is 4. The Hall–Kier alpha value is -4.19. The van der Waals surface area contributed by atoms with Crippen molar-refractivity contribution in [1.29, 1.82) is 0 Å². The van der Waals surface area contributed by atoms with Gasteiger partial charge in [-0.1, -0.05) is 23.9 Å². The zero-order chi connectivity index (χ0) is 37.3. The molecule has 3 atom stereocenters. The van der Waals surface area contributed by atoms with Crippen molar-refractivity contribution < 1.29 is 68.8 Å². The summed E-state index contributed by atoms with van der Waals surface area (Å²) in [4.78, 5) is 75.6. The van der Waals surface area contributed by atoms with E-state index in [1.54, 1.807) is 7.05 Å². The summed E-state index contributed by atoms with van der Waals surface area (Å²) in [5.41, 5.74) is 2.49. The molecule has 23 heteroatoms. The van der Waals surface area contributed by atoms with Crippen LogP contribution in [0.5, 0.6) is 5.75 Å². The number of phenolic OH excluding ortho intramolecular Hbond substituents is 1. The first-order valence-corrected chi connectivity index (χ1v) is 17.9. The number of primary amides is 1. The maximum Gasteiger partial charge on any atom is 1.00 e. The van der Waals surface area contributed by atoms with Crippen LogP contribution in [0.4, 0.5) is 16.4 Å². The summed E-state index contributed by atoms with van der Waals surface area (Å²) < 4.78 is 7.00. The molecule has 1 saturated heterocycles. The van der Waals surface area contributed by atoms with Gasteiger partial charge in [0.1, 0.15) is 22.9 Å². The largest absolute Gasteiger partial charge is 1.00 e. The monoisotopic (exact) mass is 779 g/mol. The van der Waals surface area contributed by atoms with Crippen molar-refractivity contribution in [3.63, 3.8) is 0 Å². The van der Waals surface area contributed by atoms with Crippen LogP contribution < -0.4 is 61.5 Å². The molecule has 0 radical (unpaired) electrons. The number of tetrazole rings is 1. The molecule has 2 aromatic heterocycles. The van der Waals surface area contributed by atoms with Crippen LogP contribution in [0.15, 0.2) is 51.7 Å². The maximum absolute atomic E-state index is 14.3. The van der Waals surface area contributed by atoms with E-state index < -0.39 is 58.3 Å². The quantitative estimate of drug-likeness (QED) is 0.0437. The van der Waals surface area contributed by atoms with Gasteiger partial charge in [0, 0.05) is 31.7 Å². The van der Waals surface area contributed by atoms with Gasteiger partial charge in [0.25, 0.3) is 23.1 Å². The number of carbonyl (C=O) groups excluding carboxylic acids is 4. The minimum atomic E-state index is -2.11. The van der Waals surface area contributed by atoms with Gasteiger partial charge in [-0.05, 0) is 59.4 Å². The summed E-state index contributed by atoms with van der Waals surface area (Å²) in [7, 11) is 2.77. The number of aromatic amines is 1. The predicted octanol–water partition coefficient (Wildman–Crippen LogP) is -4.48. The number of H-pyrrole nitrogens is 1. The average Bonchev–Trinajstić information content (AvgIpc) is 3.53. The average molecular weight is 780 g/mol. The van der Waals surface area contributed by atoms with E-state index in [4.69, 9.17) is 10.5 Å². The summed E-state index contributed by atoms with van der Waals surface area (Å²) in [5.74, 6) is -3.42. The molecule has 6 rings (SSSR count). The van der Waals surface area contributed by atoms with Crippen molar-refractivity contribution in [3.05, 3.63) is 57.6 Å². The van der Waals surface area contributed by atoms with E-state index >= 15 is 0 Å². The molecule has 3 aliphatic rings. The molecule has 7 N–H and O–H groups in total. The number of anilines is 2. The van der Waals surface area contributed by atoms with Gasteiger partial charge in [-0.2, -0.15) is 0 Å². The molecule has 1 saturated carbocycles. The Morgan fingerprint density at radius 2 is 1.92 bits per heavy atom. The number of benzene rings is 1. The third-order valence-electron chi connectivity index (χ3n) is 8.92. The molecule has 3 aromatic rings. The van der Waals surface area contributed by atoms with Gasteiger partial charge in [0.15, 0.2) is 0 Å². The number of aliphatic hydroxyl groups excluding tert-OH is 1. The van der Waals surface area contributed by atoms with E-state index in [-0.39, 0.29) is 70.1 Å². The van der Waals surface area contributed by atoms with Gasteiger partial charge in [-0.15, -0.1) is 16.9 Å². The number of carbonyl (C=O) groups is 4. The zero-order valence-electron chi connectivity index (χ0n) is 28.7. The number of ether oxygens (including phenoxy) is 1. The van der Waals surface area contributed by atoms with Crippen LogP contribution in [-0.2, 0) is 26.2 Å². The topological polar surface area (TPSA) is 287 Å². The second-order valence-corrected chi connectivity index (χ2v) is 14.2. The number of nitrogens with one attached hydrogen (secondary N) is 3. The number of rotatable bonds is 12. The van der Waals surface area contributed by atoms with E-state index in [1.807, 2.05) is 0 Å². The zero-order valence-corrected chi connectivity index (χ0v) is 32.3. The van der Waals surface area contributed by atoms with Gasteiger partial charge < -0.3 is 41.2 Å². The minimum absolute atomic E-state index is 0. The smallest absolute Gasteiger partial charge is 0.543 e. The van der Waals surface area contributed by atoms with Crippen LogP contribution >= 0.6 is 23.5 Å². The fourth-order valence-corrected chi connectivity index (χ4v) is 8.72. The number of carboxylic acid groups (broad SMARTS) is 1. The molecule has 4 heterocycles. The summed E-state index contributed by atoms with van der Waals surface area (Å²) >= 11 is 2.28. The number of carboxylic acids is 1. The number of nitrogens with zero attached hydrogens (tertiary/aromatic N) is 7. The fourth-order valence-electron chi connectivity index (χ4n) is 6.30. The second kappa shape index (κ2) is 16.4. The summed E-state index contributed by atoms with van der Waals surface area (Å²) in [5, 5.41) is 48.3. The number of aromatic hydroxyl groups is 1. The van der Waals surface area contributed by atoms with Gasteiger partial charge in [0.2, 0.25) is 11.1 Å². The number of fused-ring (bicyclic) bond motifs is 1. The number of urea groups is 1. The van der Waals surface area contributed by atoms with E-state index in [0.29, 0.717) is 41.3 Å². The number of methoxy groups -OCH3 is 1. The number of nitrogens with two attached hydrogens (primary N) is 1. The van der Waals surface area contributed by atoms with Gasteiger partial charge >= 0.3 is 35.6 Å². The van der Waals surface area contributed by atoms with Gasteiger partial charge in [-0.25, -0.2) is 14.5 Å². The van der Waals surface area contributed by atoms with Crippen LogP contribution in [0, 0.1) is 0 Å². The van der Waals surface area contributed by atoms with Crippen molar-refractivity contribution in [2.45, 2.75) is 60.1 Å². The van der Waals surface area contributed by atoms with Gasteiger partial charge in [0.05, 0.1) is 24.0 Å². The predicted molar refractivity (Wildman–Crippen MR) is 182 cm³/mol. The first-order chi connectivity index (χ1) is 24.8. The van der Waals surface area contributed by atoms with E-state index in [1.165, 1.54) is 28.9 Å². The molecule has 276 valence electrons. The Bertz CT molecular complexity index is 1970. The van der Waals surface area contributed by atoms with E-state index in [2.05, 4.69) is 36.1 Å². The molecule has 0 spiro atoms. The number of phenols is 1. The third-order valence-corrected chi connectivity index (χ3v) is 11.4. The fraction of sp³-hybridized carbons (Fsp3) is 0.433. The normalized spacial score (nSPS) is 22.9. The molecular formula is C30H34N11NaO9S2. The molecule has 2 aliphatic heterocycles. The molecule has 53 heavy (non-hydrogen) atoms. The molecule has 1 aliphatic carbocycles. The number of hydrogen-bond acceptors (Lipinski definition) is 16. The first kappa shape index (κ1) is 40.0. The van der Waals surface area contributed by atoms with Crippen LogP contribution in [0.25, 0.3) is 0 Å². The van der Waals surface area contributed by atoms with Crippen LogP contribution in [0.1, 0.15) is 37.3 Å². The summed E-state index contributed by atoms with van der Waals surface area (Å²) in [6.07, 6.45) is 3.11. The third kappa shape index (κ3) is 7.88. The van der Waals surface area contributed by atoms with Crippen molar-refractivity contribution in [3.8, 4) is 5.75 Å². The summed E-state index contributed by atoms with van der Waals surface area (Å²) in [6, 6.07) is 2.12. The Morgan fingerprint density at radius 1 is 1.23 bits per heavy atom. The Morgan fingerprint density at radius 3 is 2.51 bits per heavy atom. The van der Waals surface area contributed by atoms with Crippen molar-refractivity contribution >= 4 is 59.0 Å². The first-order valence-electron chi connectivity index (χ1n) is 15.9. The van der Waals surface area contributed by atoms with Crippen LogP contribution in [-0.4, -0.2) is 111 Å².